The summed E-state index contributed by atoms with van der Waals surface area (Å²) in [7, 11) is 0. The van der Waals surface area contributed by atoms with Crippen molar-refractivity contribution in [3.63, 3.8) is 0 Å². The van der Waals surface area contributed by atoms with Gasteiger partial charge in [0.15, 0.2) is 0 Å². The molecule has 0 spiro atoms. The molecule has 0 amide bonds. The van der Waals surface area contributed by atoms with E-state index in [4.69, 9.17) is 0 Å². The second-order valence-corrected chi connectivity index (χ2v) is 10.4. The number of allylic oxidation sites excluding steroid dienone is 2. The van der Waals surface area contributed by atoms with Crippen LogP contribution in [0.1, 0.15) is 42.8 Å². The Morgan fingerprint density at radius 2 is 1.38 bits per heavy atom. The number of hydrogen-bond acceptors (Lipinski definition) is 0. The van der Waals surface area contributed by atoms with Crippen molar-refractivity contribution in [1.82, 2.24) is 0 Å². The number of fused-ring (bicyclic) bond motifs is 6. The van der Waals surface area contributed by atoms with Gasteiger partial charge in [0, 0.05) is 0 Å². The summed E-state index contributed by atoms with van der Waals surface area (Å²) in [5.41, 5.74) is 9.71. The number of halogens is 2. The van der Waals surface area contributed by atoms with Crippen molar-refractivity contribution in [3.8, 4) is 0 Å². The molecule has 1 fully saturated rings. The minimum Gasteiger partial charge on any atom is -1.00 e. The van der Waals surface area contributed by atoms with E-state index in [-0.39, 0.29) is 24.8 Å². The van der Waals surface area contributed by atoms with Gasteiger partial charge in [0.1, 0.15) is 0 Å². The van der Waals surface area contributed by atoms with Gasteiger partial charge in [-0.2, -0.15) is 0 Å². The van der Waals surface area contributed by atoms with E-state index in [1.807, 2.05) is 0 Å². The average Bonchev–Trinajstić information content (AvgIpc) is 3.04. The molecular formula is C21H18Cl2Zr. The molecular weight excluding hydrogens is 414 g/mol. The molecule has 2 aliphatic carbocycles. The molecule has 0 saturated carbocycles. The molecule has 2 aromatic carbocycles. The third-order valence-corrected chi connectivity index (χ3v) is 10.3. The molecule has 120 valence electrons. The Morgan fingerprint density at radius 1 is 0.792 bits per heavy atom. The minimum atomic E-state index is -0.590. The molecule has 0 N–H and O–H groups in total. The van der Waals surface area contributed by atoms with Crippen LogP contribution >= 0.6 is 0 Å². The summed E-state index contributed by atoms with van der Waals surface area (Å²) in [4.78, 5) is 0. The fraction of sp³-hybridized carbons (Fsp3) is 0.238. The molecule has 3 unspecified atom stereocenters. The Labute approximate surface area is 167 Å². The zero-order chi connectivity index (χ0) is 14.7. The summed E-state index contributed by atoms with van der Waals surface area (Å²) < 4.78 is 1.58. The topological polar surface area (TPSA) is 0 Å². The third-order valence-electron chi connectivity index (χ3n) is 5.43. The van der Waals surface area contributed by atoms with Crippen molar-refractivity contribution in [3.05, 3.63) is 81.9 Å². The van der Waals surface area contributed by atoms with Crippen LogP contribution in [-0.4, -0.2) is 0 Å². The van der Waals surface area contributed by atoms with Crippen LogP contribution in [0.2, 0.25) is 0 Å². The summed E-state index contributed by atoms with van der Waals surface area (Å²) in [5.74, 6) is 0.698. The van der Waals surface area contributed by atoms with Crippen molar-refractivity contribution in [2.75, 3.05) is 0 Å². The van der Waals surface area contributed by atoms with Crippen LogP contribution in [0.25, 0.3) is 12.2 Å². The van der Waals surface area contributed by atoms with Crippen molar-refractivity contribution in [2.24, 2.45) is 5.92 Å². The molecule has 1 saturated heterocycles. The van der Waals surface area contributed by atoms with Crippen molar-refractivity contribution in [1.29, 1.82) is 0 Å². The Hall–Kier alpha value is -0.617. The van der Waals surface area contributed by atoms with Gasteiger partial charge in [0.25, 0.3) is 0 Å². The largest absolute Gasteiger partial charge is 1.00 e. The zero-order valence-corrected chi connectivity index (χ0v) is 17.4. The van der Waals surface area contributed by atoms with Gasteiger partial charge in [-0.3, -0.25) is 0 Å². The fourth-order valence-electron chi connectivity index (χ4n) is 4.36. The van der Waals surface area contributed by atoms with Gasteiger partial charge >= 0.3 is 144 Å². The van der Waals surface area contributed by atoms with Gasteiger partial charge in [0.05, 0.1) is 0 Å². The van der Waals surface area contributed by atoms with Gasteiger partial charge in [-0.15, -0.1) is 0 Å². The van der Waals surface area contributed by atoms with E-state index in [1.165, 1.54) is 17.5 Å². The molecule has 0 nitrogen and oxygen atoms in total. The Morgan fingerprint density at radius 3 is 2.08 bits per heavy atom. The third kappa shape index (κ3) is 2.70. The molecule has 3 heteroatoms. The molecule has 0 radical (unpaired) electrons. The summed E-state index contributed by atoms with van der Waals surface area (Å²) in [6, 6.07) is 18.2. The second kappa shape index (κ2) is 6.95. The first-order valence-corrected chi connectivity index (χ1v) is 11.0. The van der Waals surface area contributed by atoms with Gasteiger partial charge in [-0.05, 0) is 0 Å². The van der Waals surface area contributed by atoms with Crippen molar-refractivity contribution < 1.29 is 48.0 Å². The maximum absolute atomic E-state index is 2.51. The van der Waals surface area contributed by atoms with E-state index in [1.54, 1.807) is 22.3 Å². The predicted molar refractivity (Wildman–Crippen MR) is 88.1 cm³/mol. The maximum atomic E-state index is 2.51. The molecule has 5 rings (SSSR count). The Balaban J connectivity index is 0.000000845. The summed E-state index contributed by atoms with van der Waals surface area (Å²) in [5, 5.41) is 0. The number of hydrogen-bond donors (Lipinski definition) is 0. The summed E-state index contributed by atoms with van der Waals surface area (Å²) >= 11 is -0.590. The standard InChI is InChI=1S/C21H18.2ClH.Zr/c1-15(21-13-19-8-4-5-9-20(19)14-21)10-16-11-17-6-2-3-7-18(17)12-16;;;/h2-9,11-15H,10H2,1H3;2*1H;/q;;;+2/p-2. The van der Waals surface area contributed by atoms with Crippen LogP contribution in [0.3, 0.4) is 0 Å². The van der Waals surface area contributed by atoms with Crippen LogP contribution < -0.4 is 24.8 Å². The Bertz CT molecular complexity index is 837. The first-order chi connectivity index (χ1) is 10.8. The molecule has 1 heterocycles. The average molecular weight is 433 g/mol. The van der Waals surface area contributed by atoms with Crippen molar-refractivity contribution in [2.45, 2.75) is 20.6 Å². The summed E-state index contributed by atoms with van der Waals surface area (Å²) in [6.45, 7) is 2.44. The zero-order valence-electron chi connectivity index (χ0n) is 13.5. The van der Waals surface area contributed by atoms with E-state index in [0.717, 1.165) is 7.25 Å². The van der Waals surface area contributed by atoms with Crippen LogP contribution in [0.4, 0.5) is 0 Å². The van der Waals surface area contributed by atoms with Gasteiger partial charge in [0.2, 0.25) is 0 Å². The van der Waals surface area contributed by atoms with Gasteiger partial charge in [-0.1, -0.05) is 0 Å². The maximum Gasteiger partial charge on any atom is -1.00 e. The van der Waals surface area contributed by atoms with Crippen LogP contribution in [0, 0.1) is 5.92 Å². The molecule has 3 atom stereocenters. The quantitative estimate of drug-likeness (QED) is 0.522. The fourth-order valence-corrected chi connectivity index (χ4v) is 9.75. The smallest absolute Gasteiger partial charge is 1.00 e. The number of benzene rings is 2. The predicted octanol–water partition coefficient (Wildman–Crippen LogP) is -0.607. The second-order valence-electron chi connectivity index (χ2n) is 6.76. The van der Waals surface area contributed by atoms with Crippen LogP contribution in [-0.2, 0) is 23.2 Å². The van der Waals surface area contributed by atoms with Gasteiger partial charge in [-0.25, -0.2) is 0 Å². The van der Waals surface area contributed by atoms with Gasteiger partial charge < -0.3 is 24.8 Å². The van der Waals surface area contributed by atoms with E-state index in [9.17, 15) is 0 Å². The molecule has 3 aliphatic rings. The van der Waals surface area contributed by atoms with Crippen LogP contribution in [0.15, 0.2) is 59.7 Å². The van der Waals surface area contributed by atoms with E-state index < -0.39 is 23.2 Å². The Kier molecular flexibility index (Phi) is 5.26. The molecule has 0 bridgehead atoms. The minimum absolute atomic E-state index is 0. The number of rotatable bonds is 0. The molecule has 24 heavy (non-hydrogen) atoms. The van der Waals surface area contributed by atoms with E-state index in [2.05, 4.69) is 67.6 Å². The monoisotopic (exact) mass is 430 g/mol. The van der Waals surface area contributed by atoms with Crippen LogP contribution in [0.5, 0.6) is 0 Å². The first kappa shape index (κ1) is 18.2. The summed E-state index contributed by atoms with van der Waals surface area (Å²) in [6.07, 6.45) is 6.28. The van der Waals surface area contributed by atoms with E-state index in [0.29, 0.717) is 5.92 Å². The normalized spacial score (nSPS) is 25.0. The SMILES string of the molecule is CC1CC2=Cc3ccccc3[CH]2[Zr+2][CH]2C1=Cc1ccccc12.[Cl-].[Cl-]. The van der Waals surface area contributed by atoms with E-state index >= 15 is 0 Å². The molecule has 0 aromatic heterocycles. The molecule has 1 aliphatic heterocycles. The van der Waals surface area contributed by atoms with Crippen molar-refractivity contribution >= 4 is 12.2 Å². The first-order valence-electron chi connectivity index (χ1n) is 8.17. The molecule has 2 aromatic rings.